The lowest BCUT2D eigenvalue weighted by Gasteiger charge is -2.22. The molecule has 1 atom stereocenters. The van der Waals surface area contributed by atoms with E-state index in [1.807, 2.05) is 6.08 Å². The van der Waals surface area contributed by atoms with Crippen molar-refractivity contribution in [2.75, 3.05) is 24.7 Å². The third-order valence-corrected chi connectivity index (χ3v) is 3.81. The molecular formula is C17H26N2. The predicted molar refractivity (Wildman–Crippen MR) is 83.5 cm³/mol. The molecule has 2 heteroatoms. The zero-order valence-corrected chi connectivity index (χ0v) is 12.5. The van der Waals surface area contributed by atoms with Crippen molar-refractivity contribution in [3.8, 4) is 0 Å². The van der Waals surface area contributed by atoms with Crippen molar-refractivity contribution in [3.05, 3.63) is 42.5 Å². The minimum atomic E-state index is 0.652. The minimum absolute atomic E-state index is 0.652. The van der Waals surface area contributed by atoms with Gasteiger partial charge in [-0.25, -0.2) is 0 Å². The van der Waals surface area contributed by atoms with Crippen LogP contribution in [0.4, 0.5) is 5.69 Å². The first-order valence-corrected chi connectivity index (χ1v) is 7.26. The number of hydrogen-bond acceptors (Lipinski definition) is 2. The molecule has 0 aliphatic carbocycles. The standard InChI is InChI=1S/C17H26N2/c1-5-10-18-13-19(12-17(18)11-14(2)3)16-8-6-15(4)7-9-16/h5-9,14,17H,1,10-13H2,2-4H3/t17-/m0/s1. The summed E-state index contributed by atoms with van der Waals surface area (Å²) in [4.78, 5) is 5.02. The van der Waals surface area contributed by atoms with Crippen molar-refractivity contribution in [3.63, 3.8) is 0 Å². The van der Waals surface area contributed by atoms with Gasteiger partial charge in [0.05, 0.1) is 6.67 Å². The molecule has 0 aromatic heterocycles. The SMILES string of the molecule is C=CCN1CN(c2ccc(C)cc2)C[C@@H]1CC(C)C. The van der Waals surface area contributed by atoms with Gasteiger partial charge in [-0.15, -0.1) is 6.58 Å². The first-order chi connectivity index (χ1) is 9.10. The fourth-order valence-corrected chi connectivity index (χ4v) is 2.85. The molecule has 2 rings (SSSR count). The molecule has 2 nitrogen and oxygen atoms in total. The van der Waals surface area contributed by atoms with Crippen LogP contribution in [0.5, 0.6) is 0 Å². The maximum atomic E-state index is 3.89. The summed E-state index contributed by atoms with van der Waals surface area (Å²) in [6.45, 7) is 13.8. The van der Waals surface area contributed by atoms with Crippen LogP contribution < -0.4 is 4.90 Å². The molecule has 0 amide bonds. The molecule has 0 bridgehead atoms. The van der Waals surface area contributed by atoms with Crippen LogP contribution in [0.1, 0.15) is 25.8 Å². The number of anilines is 1. The highest BCUT2D eigenvalue weighted by Crippen LogP contribution is 2.25. The van der Waals surface area contributed by atoms with E-state index in [-0.39, 0.29) is 0 Å². The van der Waals surface area contributed by atoms with Crippen LogP contribution in [0.2, 0.25) is 0 Å². The number of hydrogen-bond donors (Lipinski definition) is 0. The van der Waals surface area contributed by atoms with E-state index in [0.29, 0.717) is 6.04 Å². The number of benzene rings is 1. The molecule has 1 heterocycles. The lowest BCUT2D eigenvalue weighted by atomic mass is 10.0. The van der Waals surface area contributed by atoms with Crippen molar-refractivity contribution in [1.29, 1.82) is 0 Å². The van der Waals surface area contributed by atoms with E-state index >= 15 is 0 Å². The van der Waals surface area contributed by atoms with Crippen LogP contribution in [-0.4, -0.2) is 30.7 Å². The molecule has 1 aliphatic heterocycles. The van der Waals surface area contributed by atoms with Crippen molar-refractivity contribution in [2.45, 2.75) is 33.2 Å². The van der Waals surface area contributed by atoms with E-state index in [1.165, 1.54) is 17.7 Å². The fourth-order valence-electron chi connectivity index (χ4n) is 2.85. The molecule has 1 aromatic carbocycles. The highest BCUT2D eigenvalue weighted by Gasteiger charge is 2.29. The zero-order valence-electron chi connectivity index (χ0n) is 12.5. The second-order valence-electron chi connectivity index (χ2n) is 6.04. The van der Waals surface area contributed by atoms with E-state index in [2.05, 4.69) is 61.4 Å². The maximum absolute atomic E-state index is 3.89. The summed E-state index contributed by atoms with van der Waals surface area (Å²) in [6, 6.07) is 9.52. The molecule has 0 radical (unpaired) electrons. The lowest BCUT2D eigenvalue weighted by Crippen LogP contribution is -2.32. The second-order valence-corrected chi connectivity index (χ2v) is 6.04. The third-order valence-electron chi connectivity index (χ3n) is 3.81. The van der Waals surface area contributed by atoms with Gasteiger partial charge in [-0.2, -0.15) is 0 Å². The largest absolute Gasteiger partial charge is 0.357 e. The molecule has 0 N–H and O–H groups in total. The quantitative estimate of drug-likeness (QED) is 0.743. The van der Waals surface area contributed by atoms with Gasteiger partial charge < -0.3 is 4.90 Å². The Balaban J connectivity index is 2.08. The summed E-state index contributed by atoms with van der Waals surface area (Å²) >= 11 is 0. The van der Waals surface area contributed by atoms with E-state index < -0.39 is 0 Å². The van der Waals surface area contributed by atoms with Gasteiger partial charge in [-0.05, 0) is 31.4 Å². The van der Waals surface area contributed by atoms with Crippen LogP contribution in [-0.2, 0) is 0 Å². The van der Waals surface area contributed by atoms with Gasteiger partial charge in [0.2, 0.25) is 0 Å². The van der Waals surface area contributed by atoms with Crippen LogP contribution in [0, 0.1) is 12.8 Å². The molecule has 0 saturated carbocycles. The summed E-state index contributed by atoms with van der Waals surface area (Å²) in [6.07, 6.45) is 3.28. The summed E-state index contributed by atoms with van der Waals surface area (Å²) in [7, 11) is 0. The summed E-state index contributed by atoms with van der Waals surface area (Å²) in [5, 5.41) is 0. The highest BCUT2D eigenvalue weighted by molar-refractivity contribution is 5.48. The number of aryl methyl sites for hydroxylation is 1. The van der Waals surface area contributed by atoms with E-state index in [9.17, 15) is 0 Å². The van der Waals surface area contributed by atoms with Crippen molar-refractivity contribution in [1.82, 2.24) is 4.90 Å². The average Bonchev–Trinajstić information content (AvgIpc) is 2.73. The lowest BCUT2D eigenvalue weighted by molar-refractivity contribution is 0.255. The molecule has 1 saturated heterocycles. The molecule has 104 valence electrons. The smallest absolute Gasteiger partial charge is 0.0713 e. The fraction of sp³-hybridized carbons (Fsp3) is 0.529. The average molecular weight is 258 g/mol. The van der Waals surface area contributed by atoms with Gasteiger partial charge in [0.1, 0.15) is 0 Å². The number of nitrogens with zero attached hydrogens (tertiary/aromatic N) is 2. The Hall–Kier alpha value is -1.28. The van der Waals surface area contributed by atoms with Crippen LogP contribution in [0.25, 0.3) is 0 Å². The van der Waals surface area contributed by atoms with Gasteiger partial charge in [0.25, 0.3) is 0 Å². The van der Waals surface area contributed by atoms with E-state index in [0.717, 1.165) is 25.7 Å². The molecule has 1 aromatic rings. The Kier molecular flexibility index (Phi) is 4.65. The third kappa shape index (κ3) is 3.60. The van der Waals surface area contributed by atoms with Gasteiger partial charge in [-0.1, -0.05) is 37.6 Å². The van der Waals surface area contributed by atoms with Crippen molar-refractivity contribution >= 4 is 5.69 Å². The molecule has 0 spiro atoms. The summed E-state index contributed by atoms with van der Waals surface area (Å²) < 4.78 is 0. The maximum Gasteiger partial charge on any atom is 0.0713 e. The minimum Gasteiger partial charge on any atom is -0.357 e. The Morgan fingerprint density at radius 1 is 1.32 bits per heavy atom. The van der Waals surface area contributed by atoms with Crippen LogP contribution in [0.15, 0.2) is 36.9 Å². The Bertz CT molecular complexity index is 408. The normalized spacial score (nSPS) is 20.2. The summed E-state index contributed by atoms with van der Waals surface area (Å²) in [5.74, 6) is 0.746. The van der Waals surface area contributed by atoms with Gasteiger partial charge in [-0.3, -0.25) is 4.90 Å². The summed E-state index contributed by atoms with van der Waals surface area (Å²) in [5.41, 5.74) is 2.66. The highest BCUT2D eigenvalue weighted by atomic mass is 15.4. The van der Waals surface area contributed by atoms with Gasteiger partial charge in [0, 0.05) is 24.8 Å². The van der Waals surface area contributed by atoms with Crippen molar-refractivity contribution in [2.24, 2.45) is 5.92 Å². The second kappa shape index (κ2) is 6.25. The molecule has 1 fully saturated rings. The molecule has 0 unspecified atom stereocenters. The molecule has 19 heavy (non-hydrogen) atoms. The first-order valence-electron chi connectivity index (χ1n) is 7.26. The monoisotopic (exact) mass is 258 g/mol. The predicted octanol–water partition coefficient (Wildman–Crippen LogP) is 3.68. The van der Waals surface area contributed by atoms with Crippen molar-refractivity contribution < 1.29 is 0 Å². The first kappa shape index (κ1) is 14.1. The topological polar surface area (TPSA) is 6.48 Å². The molecule has 1 aliphatic rings. The van der Waals surface area contributed by atoms with Crippen LogP contribution in [0.3, 0.4) is 0 Å². The zero-order chi connectivity index (χ0) is 13.8. The van der Waals surface area contributed by atoms with Gasteiger partial charge >= 0.3 is 0 Å². The molecular weight excluding hydrogens is 232 g/mol. The van der Waals surface area contributed by atoms with E-state index in [4.69, 9.17) is 0 Å². The van der Waals surface area contributed by atoms with Gasteiger partial charge in [0.15, 0.2) is 0 Å². The van der Waals surface area contributed by atoms with Crippen LogP contribution >= 0.6 is 0 Å². The van der Waals surface area contributed by atoms with E-state index in [1.54, 1.807) is 0 Å². The Labute approximate surface area is 117 Å². The Morgan fingerprint density at radius 2 is 2.00 bits per heavy atom. The number of rotatable bonds is 5. The Morgan fingerprint density at radius 3 is 2.58 bits per heavy atom.